The third-order valence-corrected chi connectivity index (χ3v) is 13.1. The van der Waals surface area contributed by atoms with Gasteiger partial charge in [0.25, 0.3) is 0 Å². The summed E-state index contributed by atoms with van der Waals surface area (Å²) in [5, 5.41) is 2.20. The molecule has 0 atom stereocenters. The van der Waals surface area contributed by atoms with Gasteiger partial charge >= 0.3 is 168 Å². The Morgan fingerprint density at radius 1 is 0.833 bits per heavy atom. The van der Waals surface area contributed by atoms with Crippen LogP contribution in [0.2, 0.25) is 3.43 Å². The van der Waals surface area contributed by atoms with Gasteiger partial charge in [-0.3, -0.25) is 0 Å². The van der Waals surface area contributed by atoms with Gasteiger partial charge < -0.3 is 0 Å². The van der Waals surface area contributed by atoms with E-state index in [1.54, 1.807) is 2.89 Å². The molecule has 2 heterocycles. The predicted octanol–water partition coefficient (Wildman–Crippen LogP) is 7.54. The van der Waals surface area contributed by atoms with Gasteiger partial charge in [0.15, 0.2) is 0 Å². The molecule has 0 aliphatic heterocycles. The maximum absolute atomic E-state index is 2.48. The quantitative estimate of drug-likeness (QED) is 0.283. The number of unbranched alkanes of at least 4 members (excludes halogenated alkanes) is 3. The van der Waals surface area contributed by atoms with E-state index < -0.39 is 21.1 Å². The van der Waals surface area contributed by atoms with Gasteiger partial charge in [0.05, 0.1) is 0 Å². The molecule has 2 rings (SSSR count). The molecule has 2 aromatic rings. The van der Waals surface area contributed by atoms with Crippen molar-refractivity contribution in [2.45, 2.75) is 82.0 Å². The van der Waals surface area contributed by atoms with Crippen LogP contribution in [0.15, 0.2) is 29.6 Å². The topological polar surface area (TPSA) is 0 Å². The standard InChI is InChI=1S/C13H27.C8H5S2.Sn/c1-4-7-10-13(11-8-5-2)12-9-6-3;1-3-7(9-5-1)8-4-2-6-10-8;/h4-12H2,1-3H3;1-5H;. The molecule has 2 aromatic heterocycles. The first-order chi connectivity index (χ1) is 11.7. The van der Waals surface area contributed by atoms with E-state index in [0.717, 1.165) is 0 Å². The van der Waals surface area contributed by atoms with Gasteiger partial charge in [0, 0.05) is 0 Å². The molecule has 0 amide bonds. The molecule has 132 valence electrons. The van der Waals surface area contributed by atoms with Gasteiger partial charge in [-0.1, -0.05) is 0 Å². The van der Waals surface area contributed by atoms with Gasteiger partial charge in [-0.2, -0.15) is 0 Å². The van der Waals surface area contributed by atoms with Crippen LogP contribution in [-0.2, 0) is 0 Å². The van der Waals surface area contributed by atoms with Crippen molar-refractivity contribution in [3.05, 3.63) is 29.6 Å². The zero-order valence-electron chi connectivity index (χ0n) is 15.6. The summed E-state index contributed by atoms with van der Waals surface area (Å²) in [6.45, 7) is 7.07. The van der Waals surface area contributed by atoms with Crippen molar-refractivity contribution in [1.82, 2.24) is 0 Å². The van der Waals surface area contributed by atoms with Gasteiger partial charge in [0.2, 0.25) is 0 Å². The minimum atomic E-state index is -0.547. The Bertz CT molecular complexity index is 534. The summed E-state index contributed by atoms with van der Waals surface area (Å²) in [6, 6.07) is 9.30. The van der Waals surface area contributed by atoms with Crippen LogP contribution in [0.1, 0.15) is 78.6 Å². The number of rotatable bonds is 12. The van der Waals surface area contributed by atoms with Crippen molar-refractivity contribution < 1.29 is 0 Å². The van der Waals surface area contributed by atoms with Gasteiger partial charge in [-0.25, -0.2) is 0 Å². The molecule has 0 spiro atoms. The third kappa shape index (κ3) is 6.17. The van der Waals surface area contributed by atoms with Crippen molar-refractivity contribution in [3.63, 3.8) is 0 Å². The average Bonchev–Trinajstić information content (AvgIpc) is 3.27. The Morgan fingerprint density at radius 2 is 1.46 bits per heavy atom. The molecule has 0 aliphatic rings. The molecule has 0 N–H and O–H groups in total. The van der Waals surface area contributed by atoms with E-state index in [2.05, 4.69) is 61.8 Å². The van der Waals surface area contributed by atoms with E-state index in [9.17, 15) is 0 Å². The average molecular weight is 467 g/mol. The van der Waals surface area contributed by atoms with Crippen molar-refractivity contribution >= 4 is 46.7 Å². The minimum absolute atomic E-state index is 0.547. The third-order valence-electron chi connectivity index (χ3n) is 4.79. The van der Waals surface area contributed by atoms with Crippen molar-refractivity contribution in [3.8, 4) is 9.75 Å². The van der Waals surface area contributed by atoms with Crippen molar-refractivity contribution in [1.29, 1.82) is 0 Å². The summed E-state index contributed by atoms with van der Waals surface area (Å²) < 4.78 is 2.48. The second-order valence-electron chi connectivity index (χ2n) is 6.86. The molecule has 0 fully saturated rings. The maximum atomic E-state index is 2.48. The molecule has 0 aromatic carbocycles. The van der Waals surface area contributed by atoms with Crippen LogP contribution in [0.4, 0.5) is 0 Å². The van der Waals surface area contributed by atoms with Crippen molar-refractivity contribution in [2.75, 3.05) is 0 Å². The van der Waals surface area contributed by atoms with E-state index in [0.29, 0.717) is 3.43 Å². The fraction of sp³-hybridized carbons (Fsp3) is 0.619. The van der Waals surface area contributed by atoms with Crippen LogP contribution in [0.3, 0.4) is 0 Å². The first-order valence-corrected chi connectivity index (χ1v) is 14.2. The molecule has 0 saturated heterocycles. The molecular weight excluding hydrogens is 435 g/mol. The predicted molar refractivity (Wildman–Crippen MR) is 114 cm³/mol. The zero-order valence-corrected chi connectivity index (χ0v) is 20.1. The number of hydrogen-bond acceptors (Lipinski definition) is 2. The Balaban J connectivity index is 2.15. The van der Waals surface area contributed by atoms with Crippen LogP contribution in [0.5, 0.6) is 0 Å². The monoisotopic (exact) mass is 468 g/mol. The zero-order chi connectivity index (χ0) is 17.3. The molecule has 3 heteroatoms. The summed E-state index contributed by atoms with van der Waals surface area (Å²) in [5.41, 5.74) is 0. The van der Waals surface area contributed by atoms with Crippen molar-refractivity contribution in [2.24, 2.45) is 0 Å². The molecule has 0 saturated carbocycles. The molecule has 0 nitrogen and oxygen atoms in total. The SMILES string of the molecule is CCCC[C](CCCC)(CCCC)[Sn][c]1ccc(-c2cccs2)s1. The van der Waals surface area contributed by atoms with Crippen LogP contribution < -0.4 is 2.89 Å². The summed E-state index contributed by atoms with van der Waals surface area (Å²) in [4.78, 5) is 2.95. The molecule has 0 aliphatic carbocycles. The van der Waals surface area contributed by atoms with Crippen LogP contribution in [-0.4, -0.2) is 21.1 Å². The van der Waals surface area contributed by atoms with E-state index in [4.69, 9.17) is 0 Å². The molecule has 2 radical (unpaired) electrons. The fourth-order valence-electron chi connectivity index (χ4n) is 3.33. The van der Waals surface area contributed by atoms with E-state index in [1.165, 1.54) is 67.5 Å². The molecule has 0 unspecified atom stereocenters. The summed E-state index contributed by atoms with van der Waals surface area (Å²) in [5.74, 6) is 0. The van der Waals surface area contributed by atoms with Gasteiger partial charge in [0.1, 0.15) is 0 Å². The van der Waals surface area contributed by atoms with Crippen LogP contribution in [0.25, 0.3) is 9.75 Å². The summed E-state index contributed by atoms with van der Waals surface area (Å²) in [6.07, 6.45) is 12.8. The van der Waals surface area contributed by atoms with E-state index in [1.807, 2.05) is 11.3 Å². The Labute approximate surface area is 167 Å². The first kappa shape index (κ1) is 20.5. The Morgan fingerprint density at radius 3 is 1.96 bits per heavy atom. The first-order valence-electron chi connectivity index (χ1n) is 9.65. The van der Waals surface area contributed by atoms with Crippen LogP contribution in [0, 0.1) is 0 Å². The van der Waals surface area contributed by atoms with Crippen LogP contribution >= 0.6 is 22.7 Å². The molecule has 24 heavy (non-hydrogen) atoms. The second-order valence-corrected chi connectivity index (χ2v) is 15.2. The summed E-state index contributed by atoms with van der Waals surface area (Å²) in [7, 11) is 0. The van der Waals surface area contributed by atoms with E-state index in [-0.39, 0.29) is 0 Å². The van der Waals surface area contributed by atoms with Gasteiger partial charge in [-0.15, -0.1) is 0 Å². The number of hydrogen-bond donors (Lipinski definition) is 0. The normalized spacial score (nSPS) is 12.0. The molecule has 0 bridgehead atoms. The Hall–Kier alpha value is 0.199. The fourth-order valence-corrected chi connectivity index (χ4v) is 12.4. The summed E-state index contributed by atoms with van der Waals surface area (Å²) >= 11 is 3.44. The van der Waals surface area contributed by atoms with E-state index >= 15 is 0 Å². The Kier molecular flexibility index (Phi) is 9.42. The molecular formula is C21H32S2Sn. The van der Waals surface area contributed by atoms with Gasteiger partial charge in [-0.05, 0) is 0 Å². The number of thiophene rings is 2. The second kappa shape index (κ2) is 11.0.